The van der Waals surface area contributed by atoms with E-state index in [0.29, 0.717) is 18.1 Å². The maximum absolute atomic E-state index is 6.00. The number of aromatic nitrogens is 4. The molecule has 0 atom stereocenters. The molecule has 0 saturated carbocycles. The Balaban J connectivity index is 0.00000243. The van der Waals surface area contributed by atoms with Gasteiger partial charge >= 0.3 is 0 Å². The third-order valence-electron chi connectivity index (χ3n) is 4.22. The molecule has 0 amide bonds. The zero-order chi connectivity index (χ0) is 18.0. The molecule has 2 N–H and O–H groups in total. The lowest BCUT2D eigenvalue weighted by molar-refractivity contribution is 0.728. The summed E-state index contributed by atoms with van der Waals surface area (Å²) in [6, 6.07) is 3.73. The highest BCUT2D eigenvalue weighted by Crippen LogP contribution is 2.12. The molecule has 3 heterocycles. The highest BCUT2D eigenvalue weighted by molar-refractivity contribution is 14.0. The van der Waals surface area contributed by atoms with Crippen molar-refractivity contribution in [3.05, 3.63) is 52.2 Å². The summed E-state index contributed by atoms with van der Waals surface area (Å²) in [5.41, 5.74) is 5.15. The number of nitrogens with zero attached hydrogens (tertiary/aromatic N) is 5. The summed E-state index contributed by atoms with van der Waals surface area (Å²) in [5, 5.41) is 11.7. The van der Waals surface area contributed by atoms with Gasteiger partial charge in [0, 0.05) is 44.3 Å². The Morgan fingerprint density at radius 2 is 1.92 bits per heavy atom. The van der Waals surface area contributed by atoms with Gasteiger partial charge < -0.3 is 15.0 Å². The highest BCUT2D eigenvalue weighted by atomic mass is 127. The van der Waals surface area contributed by atoms with Crippen molar-refractivity contribution in [3.63, 3.8) is 0 Å². The van der Waals surface area contributed by atoms with Crippen molar-refractivity contribution >= 4 is 47.2 Å². The van der Waals surface area contributed by atoms with Crippen LogP contribution in [-0.2, 0) is 20.1 Å². The van der Waals surface area contributed by atoms with E-state index in [0.717, 1.165) is 28.7 Å². The van der Waals surface area contributed by atoms with Crippen LogP contribution in [0, 0.1) is 13.8 Å². The van der Waals surface area contributed by atoms with Crippen molar-refractivity contribution in [2.45, 2.75) is 26.9 Å². The second-order valence-corrected chi connectivity index (χ2v) is 6.33. The summed E-state index contributed by atoms with van der Waals surface area (Å²) in [6.45, 7) is 5.33. The molecule has 0 saturated heterocycles. The van der Waals surface area contributed by atoms with Crippen molar-refractivity contribution in [2.24, 2.45) is 12.0 Å². The van der Waals surface area contributed by atoms with Crippen LogP contribution in [0.15, 0.2) is 29.5 Å². The number of rotatable bonds is 4. The van der Waals surface area contributed by atoms with Crippen LogP contribution in [0.5, 0.6) is 0 Å². The van der Waals surface area contributed by atoms with Crippen molar-refractivity contribution in [3.8, 4) is 0 Å². The minimum atomic E-state index is 0. The molecule has 0 aliphatic rings. The topological polar surface area (TPSA) is 71.5 Å². The molecule has 140 valence electrons. The van der Waals surface area contributed by atoms with E-state index in [1.165, 1.54) is 5.56 Å². The standard InChI is InChI=1S/C17H22ClN7.HI/c1-11-15(12(2)24(4)23-11)8-21-17(19-3)20-7-14-10-25-9-13(18)5-6-16(25)22-14;/h5-6,9-10H,7-8H2,1-4H3,(H2,19,20,21);1H. The number of hydrogen-bond donors (Lipinski definition) is 2. The number of guanidine groups is 1. The van der Waals surface area contributed by atoms with Gasteiger partial charge in [0.05, 0.1) is 23.0 Å². The first-order chi connectivity index (χ1) is 12.0. The average Bonchev–Trinajstić information content (AvgIpc) is 3.09. The van der Waals surface area contributed by atoms with Crippen LogP contribution in [0.4, 0.5) is 0 Å². The summed E-state index contributed by atoms with van der Waals surface area (Å²) >= 11 is 6.00. The lowest BCUT2D eigenvalue weighted by Crippen LogP contribution is -2.36. The summed E-state index contributed by atoms with van der Waals surface area (Å²) in [4.78, 5) is 8.82. The molecule has 0 bridgehead atoms. The zero-order valence-corrected chi connectivity index (χ0v) is 18.3. The molecule has 0 radical (unpaired) electrons. The maximum atomic E-state index is 6.00. The van der Waals surface area contributed by atoms with Gasteiger partial charge in [-0.1, -0.05) is 11.6 Å². The molecular formula is C17H23ClIN7. The van der Waals surface area contributed by atoms with E-state index in [9.17, 15) is 0 Å². The first kappa shape index (κ1) is 20.5. The highest BCUT2D eigenvalue weighted by Gasteiger charge is 2.10. The van der Waals surface area contributed by atoms with E-state index >= 15 is 0 Å². The Labute approximate surface area is 174 Å². The smallest absolute Gasteiger partial charge is 0.191 e. The molecule has 3 rings (SSSR count). The van der Waals surface area contributed by atoms with Crippen LogP contribution in [0.1, 0.15) is 22.6 Å². The van der Waals surface area contributed by atoms with Gasteiger partial charge in [0.1, 0.15) is 5.65 Å². The molecule has 0 aliphatic heterocycles. The van der Waals surface area contributed by atoms with E-state index < -0.39 is 0 Å². The number of imidazole rings is 1. The Hall–Kier alpha value is -1.81. The first-order valence-electron chi connectivity index (χ1n) is 8.04. The molecule has 26 heavy (non-hydrogen) atoms. The number of fused-ring (bicyclic) bond motifs is 1. The number of hydrogen-bond acceptors (Lipinski definition) is 3. The summed E-state index contributed by atoms with van der Waals surface area (Å²) < 4.78 is 3.81. The van der Waals surface area contributed by atoms with Gasteiger partial charge in [-0.15, -0.1) is 24.0 Å². The second kappa shape index (κ2) is 8.72. The van der Waals surface area contributed by atoms with E-state index in [2.05, 4.69) is 32.6 Å². The van der Waals surface area contributed by atoms with Crippen molar-refractivity contribution in [1.82, 2.24) is 29.8 Å². The normalized spacial score (nSPS) is 11.5. The largest absolute Gasteiger partial charge is 0.352 e. The molecule has 0 aromatic carbocycles. The maximum Gasteiger partial charge on any atom is 0.191 e. The van der Waals surface area contributed by atoms with Crippen LogP contribution < -0.4 is 10.6 Å². The van der Waals surface area contributed by atoms with Gasteiger partial charge in [0.25, 0.3) is 0 Å². The number of aryl methyl sites for hydroxylation is 2. The number of nitrogens with one attached hydrogen (secondary N) is 2. The summed E-state index contributed by atoms with van der Waals surface area (Å²) in [5.74, 6) is 0.720. The molecule has 0 aliphatic carbocycles. The van der Waals surface area contributed by atoms with Crippen molar-refractivity contribution in [1.29, 1.82) is 0 Å². The van der Waals surface area contributed by atoms with E-state index in [1.807, 2.05) is 47.6 Å². The summed E-state index contributed by atoms with van der Waals surface area (Å²) in [7, 11) is 3.70. The first-order valence-corrected chi connectivity index (χ1v) is 8.42. The van der Waals surface area contributed by atoms with Crippen LogP contribution in [-0.4, -0.2) is 32.2 Å². The Morgan fingerprint density at radius 1 is 1.19 bits per heavy atom. The monoisotopic (exact) mass is 487 g/mol. The number of aliphatic imine (C=N–C) groups is 1. The molecule has 7 nitrogen and oxygen atoms in total. The number of pyridine rings is 1. The third kappa shape index (κ3) is 4.47. The fraction of sp³-hybridized carbons (Fsp3) is 0.353. The average molecular weight is 488 g/mol. The van der Waals surface area contributed by atoms with Crippen molar-refractivity contribution in [2.75, 3.05) is 7.05 Å². The predicted molar refractivity (Wildman–Crippen MR) is 115 cm³/mol. The molecule has 0 unspecified atom stereocenters. The zero-order valence-electron chi connectivity index (χ0n) is 15.2. The Morgan fingerprint density at radius 3 is 2.58 bits per heavy atom. The number of halogens is 2. The fourth-order valence-electron chi connectivity index (χ4n) is 2.74. The molecule has 9 heteroatoms. The van der Waals surface area contributed by atoms with Crippen molar-refractivity contribution < 1.29 is 0 Å². The van der Waals surface area contributed by atoms with Gasteiger partial charge in [-0.05, 0) is 26.0 Å². The van der Waals surface area contributed by atoms with E-state index in [-0.39, 0.29) is 24.0 Å². The van der Waals surface area contributed by atoms with Crippen LogP contribution in [0.3, 0.4) is 0 Å². The van der Waals surface area contributed by atoms with Gasteiger partial charge in [-0.2, -0.15) is 5.10 Å². The van der Waals surface area contributed by atoms with Crippen LogP contribution >= 0.6 is 35.6 Å². The SMILES string of the molecule is CN=C(NCc1cn2cc(Cl)ccc2n1)NCc1c(C)nn(C)c1C.I. The molecule has 0 spiro atoms. The quantitative estimate of drug-likeness (QED) is 0.337. The predicted octanol–water partition coefficient (Wildman–Crippen LogP) is 2.82. The van der Waals surface area contributed by atoms with E-state index in [1.54, 1.807) is 7.05 Å². The molecule has 3 aromatic rings. The van der Waals surface area contributed by atoms with Gasteiger partial charge in [-0.3, -0.25) is 9.67 Å². The fourth-order valence-corrected chi connectivity index (χ4v) is 2.91. The van der Waals surface area contributed by atoms with Crippen LogP contribution in [0.2, 0.25) is 5.02 Å². The Bertz CT molecular complexity index is 929. The Kier molecular flexibility index (Phi) is 6.87. The lowest BCUT2D eigenvalue weighted by Gasteiger charge is -2.11. The van der Waals surface area contributed by atoms with E-state index in [4.69, 9.17) is 11.6 Å². The minimum absolute atomic E-state index is 0. The van der Waals surface area contributed by atoms with Crippen LogP contribution in [0.25, 0.3) is 5.65 Å². The summed E-state index contributed by atoms with van der Waals surface area (Å²) in [6.07, 6.45) is 3.80. The minimum Gasteiger partial charge on any atom is -0.352 e. The van der Waals surface area contributed by atoms with Gasteiger partial charge in [0.15, 0.2) is 5.96 Å². The van der Waals surface area contributed by atoms with Gasteiger partial charge in [0.2, 0.25) is 0 Å². The third-order valence-corrected chi connectivity index (χ3v) is 4.44. The lowest BCUT2D eigenvalue weighted by atomic mass is 10.2. The van der Waals surface area contributed by atoms with Gasteiger partial charge in [-0.25, -0.2) is 4.98 Å². The second-order valence-electron chi connectivity index (χ2n) is 5.90. The molecule has 0 fully saturated rings. The molecular weight excluding hydrogens is 465 g/mol. The molecule has 3 aromatic heterocycles.